The Kier molecular flexibility index (Phi) is 5.74. The van der Waals surface area contributed by atoms with Gasteiger partial charge in [-0.1, -0.05) is 11.6 Å². The molecule has 0 fully saturated rings. The maximum Gasteiger partial charge on any atom is 0.243 e. The van der Waals surface area contributed by atoms with E-state index < -0.39 is 0 Å². The lowest BCUT2D eigenvalue weighted by atomic mass is 10.4. The average Bonchev–Trinajstić information content (AvgIpc) is 2.38. The summed E-state index contributed by atoms with van der Waals surface area (Å²) in [6, 6.07) is 1.65. The van der Waals surface area contributed by atoms with Gasteiger partial charge in [0.1, 0.15) is 5.15 Å². The fourth-order valence-corrected chi connectivity index (χ4v) is 1.24. The number of halogens is 1. The van der Waals surface area contributed by atoms with Crippen LogP contribution in [0.4, 0.5) is 0 Å². The van der Waals surface area contributed by atoms with Crippen molar-refractivity contribution in [2.75, 3.05) is 14.2 Å². The fraction of sp³-hybridized carbons (Fsp3) is 0.417. The predicted octanol–water partition coefficient (Wildman–Crippen LogP) is 2.73. The Morgan fingerprint density at radius 2 is 1.78 bits per heavy atom. The number of ether oxygens (including phenoxy) is 2. The molecule has 2 rings (SSSR count). The van der Waals surface area contributed by atoms with Crippen molar-refractivity contribution in [3.8, 4) is 5.88 Å². The van der Waals surface area contributed by atoms with Crippen LogP contribution in [-0.2, 0) is 4.74 Å². The van der Waals surface area contributed by atoms with E-state index in [1.54, 1.807) is 25.6 Å². The van der Waals surface area contributed by atoms with Gasteiger partial charge in [-0.05, 0) is 13.8 Å². The minimum atomic E-state index is 0.352. The lowest BCUT2D eigenvalue weighted by Crippen LogP contribution is -1.94. The van der Waals surface area contributed by atoms with E-state index in [4.69, 9.17) is 21.1 Å². The molecule has 0 unspecified atom stereocenters. The first kappa shape index (κ1) is 14.6. The molecule has 0 aliphatic rings. The molecule has 2 aromatic rings. The third kappa shape index (κ3) is 4.09. The number of methoxy groups -OCH3 is 2. The van der Waals surface area contributed by atoms with Gasteiger partial charge in [0.25, 0.3) is 0 Å². The van der Waals surface area contributed by atoms with Crippen LogP contribution < -0.4 is 4.74 Å². The second kappa shape index (κ2) is 7.08. The number of hydrogen-bond donors (Lipinski definition) is 0. The van der Waals surface area contributed by atoms with Crippen LogP contribution in [0.5, 0.6) is 5.88 Å². The highest BCUT2D eigenvalue weighted by atomic mass is 35.5. The Morgan fingerprint density at radius 1 is 1.17 bits per heavy atom. The molecule has 6 heteroatoms. The van der Waals surface area contributed by atoms with E-state index in [9.17, 15) is 0 Å². The van der Waals surface area contributed by atoms with Crippen LogP contribution in [0.1, 0.15) is 13.8 Å². The van der Waals surface area contributed by atoms with Gasteiger partial charge in [0.05, 0.1) is 18.7 Å². The molecule has 18 heavy (non-hydrogen) atoms. The van der Waals surface area contributed by atoms with Crippen LogP contribution in [0.2, 0.25) is 5.15 Å². The molecule has 0 aliphatic carbocycles. The van der Waals surface area contributed by atoms with Gasteiger partial charge in [-0.25, -0.2) is 4.98 Å². The third-order valence-corrected chi connectivity index (χ3v) is 2.25. The predicted molar refractivity (Wildman–Crippen MR) is 71.0 cm³/mol. The van der Waals surface area contributed by atoms with Crippen molar-refractivity contribution < 1.29 is 9.47 Å². The third-order valence-electron chi connectivity index (χ3n) is 2.06. The van der Waals surface area contributed by atoms with Crippen LogP contribution in [0, 0.1) is 0 Å². The molecule has 98 valence electrons. The van der Waals surface area contributed by atoms with E-state index >= 15 is 0 Å². The first-order chi connectivity index (χ1) is 8.58. The largest absolute Gasteiger partial charge is 0.479 e. The van der Waals surface area contributed by atoms with E-state index in [0.29, 0.717) is 28.2 Å². The Morgan fingerprint density at radius 3 is 2.33 bits per heavy atom. The Hall–Kier alpha value is -1.46. The van der Waals surface area contributed by atoms with Crippen LogP contribution in [0.3, 0.4) is 0 Å². The zero-order chi connectivity index (χ0) is 13.5. The van der Waals surface area contributed by atoms with Gasteiger partial charge in [0, 0.05) is 25.6 Å². The van der Waals surface area contributed by atoms with Crippen molar-refractivity contribution in [2.45, 2.75) is 20.0 Å². The van der Waals surface area contributed by atoms with Crippen molar-refractivity contribution in [2.24, 2.45) is 0 Å². The molecule has 2 aromatic heterocycles. The molecule has 0 N–H and O–H groups in total. The minimum absolute atomic E-state index is 0.352. The first-order valence-corrected chi connectivity index (χ1v) is 5.80. The zero-order valence-corrected chi connectivity index (χ0v) is 11.6. The Labute approximate surface area is 111 Å². The molecule has 0 amide bonds. The summed E-state index contributed by atoms with van der Waals surface area (Å²) in [5.74, 6) is 0.399. The van der Waals surface area contributed by atoms with E-state index in [1.165, 1.54) is 7.11 Å². The summed E-state index contributed by atoms with van der Waals surface area (Å²) < 4.78 is 9.76. The van der Waals surface area contributed by atoms with Crippen molar-refractivity contribution in [1.29, 1.82) is 0 Å². The minimum Gasteiger partial charge on any atom is -0.479 e. The molecule has 0 saturated heterocycles. The van der Waals surface area contributed by atoms with Gasteiger partial charge in [0.15, 0.2) is 5.52 Å². The molecule has 0 atom stereocenters. The number of hydrogen-bond acceptors (Lipinski definition) is 5. The Bertz CT molecular complexity index is 506. The average molecular weight is 270 g/mol. The van der Waals surface area contributed by atoms with Crippen molar-refractivity contribution in [1.82, 2.24) is 15.0 Å². The molecule has 5 nitrogen and oxygen atoms in total. The number of rotatable bonds is 2. The second-order valence-electron chi connectivity index (χ2n) is 3.66. The maximum atomic E-state index is 5.74. The highest BCUT2D eigenvalue weighted by Gasteiger charge is 2.06. The van der Waals surface area contributed by atoms with Crippen LogP contribution >= 0.6 is 11.6 Å². The van der Waals surface area contributed by atoms with Crippen LogP contribution in [0.25, 0.3) is 11.0 Å². The SMILES string of the molecule is COC(C)C.COc1nc(Cl)cc2nccnc12. The summed E-state index contributed by atoms with van der Waals surface area (Å²) in [7, 11) is 3.22. The summed E-state index contributed by atoms with van der Waals surface area (Å²) >= 11 is 5.74. The molecule has 0 radical (unpaired) electrons. The highest BCUT2D eigenvalue weighted by molar-refractivity contribution is 6.30. The van der Waals surface area contributed by atoms with E-state index in [1.807, 2.05) is 13.8 Å². The van der Waals surface area contributed by atoms with Crippen molar-refractivity contribution >= 4 is 22.6 Å². The maximum absolute atomic E-state index is 5.74. The van der Waals surface area contributed by atoms with Gasteiger partial charge in [-0.15, -0.1) is 0 Å². The summed E-state index contributed by atoms with van der Waals surface area (Å²) in [6.45, 7) is 4.00. The quantitative estimate of drug-likeness (QED) is 0.785. The molecule has 0 aliphatic heterocycles. The molecule has 2 heterocycles. The molecule has 0 saturated carbocycles. The fourth-order valence-electron chi connectivity index (χ4n) is 1.06. The molecule has 0 bridgehead atoms. The smallest absolute Gasteiger partial charge is 0.243 e. The summed E-state index contributed by atoms with van der Waals surface area (Å²) in [5.41, 5.74) is 1.30. The Balaban J connectivity index is 0.000000280. The number of nitrogens with zero attached hydrogens (tertiary/aromatic N) is 3. The van der Waals surface area contributed by atoms with Crippen molar-refractivity contribution in [3.63, 3.8) is 0 Å². The van der Waals surface area contributed by atoms with E-state index in [2.05, 4.69) is 15.0 Å². The molecular weight excluding hydrogens is 254 g/mol. The molecule has 0 spiro atoms. The van der Waals surface area contributed by atoms with E-state index in [0.717, 1.165) is 0 Å². The monoisotopic (exact) mass is 269 g/mol. The molecular formula is C12H16ClN3O2. The lowest BCUT2D eigenvalue weighted by molar-refractivity contribution is 0.134. The van der Waals surface area contributed by atoms with Gasteiger partial charge in [-0.3, -0.25) is 4.98 Å². The van der Waals surface area contributed by atoms with Gasteiger partial charge in [-0.2, -0.15) is 4.98 Å². The summed E-state index contributed by atoms with van der Waals surface area (Å²) in [5, 5.41) is 0.352. The molecule has 0 aromatic carbocycles. The van der Waals surface area contributed by atoms with Crippen LogP contribution in [0.15, 0.2) is 18.5 Å². The summed E-state index contributed by atoms with van der Waals surface area (Å²) in [4.78, 5) is 12.1. The topological polar surface area (TPSA) is 57.1 Å². The highest BCUT2D eigenvalue weighted by Crippen LogP contribution is 2.22. The lowest BCUT2D eigenvalue weighted by Gasteiger charge is -2.02. The number of aromatic nitrogens is 3. The standard InChI is InChI=1S/C8H6ClN3O.C4H10O/c1-13-8-7-5(4-6(9)12-8)10-2-3-11-7;1-4(2)5-3/h2-4H,1H3;4H,1-3H3. The second-order valence-corrected chi connectivity index (χ2v) is 4.05. The first-order valence-electron chi connectivity index (χ1n) is 5.42. The van der Waals surface area contributed by atoms with Gasteiger partial charge in [0.2, 0.25) is 5.88 Å². The van der Waals surface area contributed by atoms with Gasteiger partial charge < -0.3 is 9.47 Å². The number of fused-ring (bicyclic) bond motifs is 1. The van der Waals surface area contributed by atoms with Gasteiger partial charge >= 0.3 is 0 Å². The zero-order valence-electron chi connectivity index (χ0n) is 10.8. The van der Waals surface area contributed by atoms with E-state index in [-0.39, 0.29) is 0 Å². The van der Waals surface area contributed by atoms with Crippen LogP contribution in [-0.4, -0.2) is 35.3 Å². The number of pyridine rings is 1. The summed E-state index contributed by atoms with van der Waals surface area (Å²) in [6.07, 6.45) is 3.56. The van der Waals surface area contributed by atoms with Crippen molar-refractivity contribution in [3.05, 3.63) is 23.6 Å². The normalized spacial score (nSPS) is 10.1.